The predicted octanol–water partition coefficient (Wildman–Crippen LogP) is 2.80. The highest BCUT2D eigenvalue weighted by molar-refractivity contribution is 14.1. The van der Waals surface area contributed by atoms with E-state index in [2.05, 4.69) is 39.0 Å². The van der Waals surface area contributed by atoms with Crippen LogP contribution in [0.1, 0.15) is 16.5 Å². The Morgan fingerprint density at radius 3 is 2.86 bits per heavy atom. The molecule has 0 bridgehead atoms. The lowest BCUT2D eigenvalue weighted by atomic mass is 10.1. The number of nitrogens with two attached hydrogens (primary N) is 1. The van der Waals surface area contributed by atoms with Gasteiger partial charge in [0.25, 0.3) is 0 Å². The molecule has 2 nitrogen and oxygen atoms in total. The van der Waals surface area contributed by atoms with Gasteiger partial charge in [-0.1, -0.05) is 6.07 Å². The first-order valence-electron chi connectivity index (χ1n) is 4.17. The second-order valence-corrected chi connectivity index (χ2v) is 5.01. The van der Waals surface area contributed by atoms with E-state index >= 15 is 0 Å². The second kappa shape index (κ2) is 4.37. The number of nitrogens with zero attached hydrogens (tertiary/aromatic N) is 1. The van der Waals surface area contributed by atoms with Gasteiger partial charge in [0.2, 0.25) is 0 Å². The monoisotopic (exact) mass is 316 g/mol. The van der Waals surface area contributed by atoms with E-state index in [-0.39, 0.29) is 6.04 Å². The smallest absolute Gasteiger partial charge is 0.0671 e. The van der Waals surface area contributed by atoms with Gasteiger partial charge in [-0.05, 0) is 45.7 Å². The molecule has 1 atom stereocenters. The first kappa shape index (κ1) is 10.1. The molecule has 0 aliphatic carbocycles. The summed E-state index contributed by atoms with van der Waals surface area (Å²) in [7, 11) is 0. The number of halogens is 1. The maximum Gasteiger partial charge on any atom is 0.0671 e. The molecule has 4 heteroatoms. The van der Waals surface area contributed by atoms with Crippen molar-refractivity contribution in [3.8, 4) is 0 Å². The zero-order chi connectivity index (χ0) is 9.97. The largest absolute Gasteiger partial charge is 0.320 e. The zero-order valence-corrected chi connectivity index (χ0v) is 10.3. The van der Waals surface area contributed by atoms with Crippen molar-refractivity contribution >= 4 is 33.9 Å². The van der Waals surface area contributed by atoms with Gasteiger partial charge in [-0.3, -0.25) is 4.98 Å². The molecule has 0 fully saturated rings. The molecule has 2 aromatic rings. The van der Waals surface area contributed by atoms with Crippen molar-refractivity contribution in [2.45, 2.75) is 6.04 Å². The third kappa shape index (κ3) is 1.97. The molecule has 2 rings (SSSR count). The Balaban J connectivity index is 2.34. The van der Waals surface area contributed by atoms with Gasteiger partial charge in [0, 0.05) is 20.8 Å². The Kier molecular flexibility index (Phi) is 3.15. The summed E-state index contributed by atoms with van der Waals surface area (Å²) >= 11 is 4.00. The average Bonchev–Trinajstić information content (AvgIpc) is 2.65. The van der Waals surface area contributed by atoms with Crippen LogP contribution in [0.3, 0.4) is 0 Å². The van der Waals surface area contributed by atoms with Crippen LogP contribution in [-0.2, 0) is 0 Å². The Morgan fingerprint density at radius 1 is 1.43 bits per heavy atom. The molecular formula is C10H9IN2S. The van der Waals surface area contributed by atoms with Gasteiger partial charge in [0.05, 0.1) is 6.04 Å². The Labute approximate surface area is 100 Å². The summed E-state index contributed by atoms with van der Waals surface area (Å²) in [5.41, 5.74) is 7.19. The quantitative estimate of drug-likeness (QED) is 0.865. The number of rotatable bonds is 2. The summed E-state index contributed by atoms with van der Waals surface area (Å²) in [6.45, 7) is 0. The van der Waals surface area contributed by atoms with Crippen LogP contribution in [0.4, 0.5) is 0 Å². The number of hydrogen-bond acceptors (Lipinski definition) is 3. The molecule has 0 saturated heterocycles. The molecule has 0 spiro atoms. The minimum atomic E-state index is -0.0457. The minimum absolute atomic E-state index is 0.0457. The molecule has 0 saturated carbocycles. The highest BCUT2D eigenvalue weighted by Gasteiger charge is 2.12. The topological polar surface area (TPSA) is 38.9 Å². The lowest BCUT2D eigenvalue weighted by Crippen LogP contribution is -2.11. The Hall–Kier alpha value is -0.460. The standard InChI is InChI=1S/C10H9IN2S/c11-8-3-5-14-10(8)9(12)7-2-1-4-13-6-7/h1-6,9H,12H2. The molecule has 2 heterocycles. The van der Waals surface area contributed by atoms with Gasteiger partial charge in [-0.2, -0.15) is 0 Å². The highest BCUT2D eigenvalue weighted by atomic mass is 127. The summed E-state index contributed by atoms with van der Waals surface area (Å²) < 4.78 is 1.23. The molecule has 0 aromatic carbocycles. The van der Waals surface area contributed by atoms with Crippen LogP contribution in [0.2, 0.25) is 0 Å². The Morgan fingerprint density at radius 2 is 2.29 bits per heavy atom. The van der Waals surface area contributed by atoms with E-state index < -0.39 is 0 Å². The molecule has 0 amide bonds. The van der Waals surface area contributed by atoms with Gasteiger partial charge in [-0.15, -0.1) is 11.3 Å². The fourth-order valence-electron chi connectivity index (χ4n) is 1.24. The SMILES string of the molecule is NC(c1cccnc1)c1sccc1I. The third-order valence-corrected chi connectivity index (χ3v) is 4.28. The van der Waals surface area contributed by atoms with Crippen LogP contribution in [0.5, 0.6) is 0 Å². The number of hydrogen-bond donors (Lipinski definition) is 1. The summed E-state index contributed by atoms with van der Waals surface area (Å²) in [4.78, 5) is 5.27. The number of thiophene rings is 1. The van der Waals surface area contributed by atoms with E-state index in [4.69, 9.17) is 5.73 Å². The molecule has 0 aliphatic rings. The summed E-state index contributed by atoms with van der Waals surface area (Å²) in [6, 6.07) is 5.95. The van der Waals surface area contributed by atoms with E-state index in [1.54, 1.807) is 17.5 Å². The Bertz CT molecular complexity index is 413. The summed E-state index contributed by atoms with van der Waals surface area (Å²) in [5, 5.41) is 2.06. The normalized spacial score (nSPS) is 12.7. The maximum absolute atomic E-state index is 6.13. The number of aromatic nitrogens is 1. The van der Waals surface area contributed by atoms with E-state index in [0.29, 0.717) is 0 Å². The van der Waals surface area contributed by atoms with Crippen molar-refractivity contribution in [2.75, 3.05) is 0 Å². The molecule has 2 aromatic heterocycles. The molecule has 2 N–H and O–H groups in total. The van der Waals surface area contributed by atoms with Gasteiger partial charge < -0.3 is 5.73 Å². The van der Waals surface area contributed by atoms with Crippen molar-refractivity contribution < 1.29 is 0 Å². The first-order valence-corrected chi connectivity index (χ1v) is 6.13. The predicted molar refractivity (Wildman–Crippen MR) is 67.3 cm³/mol. The van der Waals surface area contributed by atoms with Crippen molar-refractivity contribution in [3.63, 3.8) is 0 Å². The minimum Gasteiger partial charge on any atom is -0.320 e. The maximum atomic E-state index is 6.13. The fraction of sp³-hybridized carbons (Fsp3) is 0.100. The van der Waals surface area contributed by atoms with Gasteiger partial charge in [0.1, 0.15) is 0 Å². The molecule has 14 heavy (non-hydrogen) atoms. The van der Waals surface area contributed by atoms with Crippen LogP contribution < -0.4 is 5.73 Å². The van der Waals surface area contributed by atoms with Crippen LogP contribution >= 0.6 is 33.9 Å². The lowest BCUT2D eigenvalue weighted by molar-refractivity contribution is 0.879. The summed E-state index contributed by atoms with van der Waals surface area (Å²) in [5.74, 6) is 0. The molecule has 1 unspecified atom stereocenters. The van der Waals surface area contributed by atoms with Crippen LogP contribution in [-0.4, -0.2) is 4.98 Å². The number of pyridine rings is 1. The van der Waals surface area contributed by atoms with E-state index in [1.807, 2.05) is 18.3 Å². The van der Waals surface area contributed by atoms with Gasteiger partial charge >= 0.3 is 0 Å². The van der Waals surface area contributed by atoms with E-state index in [1.165, 1.54) is 8.45 Å². The van der Waals surface area contributed by atoms with Crippen LogP contribution in [0, 0.1) is 3.57 Å². The van der Waals surface area contributed by atoms with Crippen LogP contribution in [0.15, 0.2) is 36.0 Å². The van der Waals surface area contributed by atoms with Gasteiger partial charge in [0.15, 0.2) is 0 Å². The van der Waals surface area contributed by atoms with E-state index in [9.17, 15) is 0 Å². The zero-order valence-electron chi connectivity index (χ0n) is 7.35. The lowest BCUT2D eigenvalue weighted by Gasteiger charge is -2.09. The van der Waals surface area contributed by atoms with Gasteiger partial charge in [-0.25, -0.2) is 0 Å². The van der Waals surface area contributed by atoms with E-state index in [0.717, 1.165) is 5.56 Å². The average molecular weight is 316 g/mol. The third-order valence-electron chi connectivity index (χ3n) is 1.97. The molecule has 0 aliphatic heterocycles. The van der Waals surface area contributed by atoms with Crippen molar-refractivity contribution in [3.05, 3.63) is 50.0 Å². The fourth-order valence-corrected chi connectivity index (χ4v) is 3.19. The molecule has 72 valence electrons. The van der Waals surface area contributed by atoms with Crippen molar-refractivity contribution in [2.24, 2.45) is 5.73 Å². The molecular weight excluding hydrogens is 307 g/mol. The second-order valence-electron chi connectivity index (χ2n) is 2.90. The summed E-state index contributed by atoms with van der Waals surface area (Å²) in [6.07, 6.45) is 3.58. The highest BCUT2D eigenvalue weighted by Crippen LogP contribution is 2.28. The first-order chi connectivity index (χ1) is 6.79. The van der Waals surface area contributed by atoms with Crippen molar-refractivity contribution in [1.29, 1.82) is 0 Å². The van der Waals surface area contributed by atoms with Crippen LogP contribution in [0.25, 0.3) is 0 Å². The van der Waals surface area contributed by atoms with Crippen molar-refractivity contribution in [1.82, 2.24) is 4.98 Å². The molecule has 0 radical (unpaired) electrons.